The molecule has 0 atom stereocenters. The van der Waals surface area contributed by atoms with Gasteiger partial charge in [-0.15, -0.1) is 0 Å². The van der Waals surface area contributed by atoms with Crippen molar-refractivity contribution in [2.24, 2.45) is 0 Å². The first-order valence-corrected chi connectivity index (χ1v) is 9.19. The molecule has 0 unspecified atom stereocenters. The fraction of sp³-hybridized carbons (Fsp3) is 0.111. The Morgan fingerprint density at radius 3 is 2.44 bits per heavy atom. The quantitative estimate of drug-likeness (QED) is 0.488. The Morgan fingerprint density at radius 2 is 1.80 bits per heavy atom. The third-order valence-corrected chi connectivity index (χ3v) is 5.06. The van der Waals surface area contributed by atoms with Crippen LogP contribution < -0.4 is 14.4 Å². The van der Waals surface area contributed by atoms with Gasteiger partial charge in [0, 0.05) is 9.13 Å². The lowest BCUT2D eigenvalue weighted by atomic mass is 10.1. The number of hydrogen-bond acceptors (Lipinski definition) is 5. The average Bonchev–Trinajstić information content (AvgIpc) is 2.88. The summed E-state index contributed by atoms with van der Waals surface area (Å²) in [6, 6.07) is 12.6. The van der Waals surface area contributed by atoms with Crippen molar-refractivity contribution in [2.45, 2.75) is 0 Å². The van der Waals surface area contributed by atoms with Gasteiger partial charge in [0.2, 0.25) is 0 Å². The van der Waals surface area contributed by atoms with Crippen LogP contribution in [0.4, 0.5) is 10.5 Å². The zero-order valence-electron chi connectivity index (χ0n) is 13.5. The van der Waals surface area contributed by atoms with Gasteiger partial charge in [-0.1, -0.05) is 18.2 Å². The number of amides is 2. The maximum Gasteiger partial charge on any atom is 0.298 e. The summed E-state index contributed by atoms with van der Waals surface area (Å²) in [7, 11) is 3.10. The highest BCUT2D eigenvalue weighted by atomic mass is 127. The molecular weight excluding hydrogens is 453 g/mol. The first kappa shape index (κ1) is 17.8. The summed E-state index contributed by atoms with van der Waals surface area (Å²) in [4.78, 5) is 26.5. The standard InChI is InChI=1S/C18H14INO4S/c1-23-14-10-12(19)8-11(16(14)24-2)9-15-17(21)20(18(22)25-15)13-6-4-3-5-7-13/h3-10H,1-2H3/b15-9-. The van der Waals surface area contributed by atoms with Gasteiger partial charge in [0.25, 0.3) is 11.1 Å². The van der Waals surface area contributed by atoms with E-state index in [2.05, 4.69) is 22.6 Å². The van der Waals surface area contributed by atoms with Gasteiger partial charge in [0.05, 0.1) is 24.8 Å². The molecule has 128 valence electrons. The molecule has 0 aromatic heterocycles. The molecule has 1 fully saturated rings. The molecule has 2 aromatic rings. The molecule has 0 saturated carbocycles. The summed E-state index contributed by atoms with van der Waals surface area (Å²) in [5.74, 6) is 0.749. The Balaban J connectivity index is 2.02. The van der Waals surface area contributed by atoms with Crippen molar-refractivity contribution in [1.82, 2.24) is 0 Å². The molecule has 0 N–H and O–H groups in total. The Labute approximate surface area is 163 Å². The first-order chi connectivity index (χ1) is 12.0. The smallest absolute Gasteiger partial charge is 0.298 e. The van der Waals surface area contributed by atoms with Crippen molar-refractivity contribution in [3.63, 3.8) is 0 Å². The molecule has 1 heterocycles. The van der Waals surface area contributed by atoms with Crippen LogP contribution in [0.1, 0.15) is 5.56 Å². The number of nitrogens with zero attached hydrogens (tertiary/aromatic N) is 1. The summed E-state index contributed by atoms with van der Waals surface area (Å²) in [5.41, 5.74) is 1.24. The molecule has 7 heteroatoms. The number of hydrogen-bond donors (Lipinski definition) is 0. The second-order valence-electron chi connectivity index (χ2n) is 5.08. The number of halogens is 1. The fourth-order valence-electron chi connectivity index (χ4n) is 2.47. The SMILES string of the molecule is COc1cc(I)cc(/C=C2\SC(=O)N(c3ccccc3)C2=O)c1OC. The number of methoxy groups -OCH3 is 2. The van der Waals surface area contributed by atoms with Crippen LogP contribution in [0.3, 0.4) is 0 Å². The second kappa shape index (κ2) is 7.49. The fourth-order valence-corrected chi connectivity index (χ4v) is 3.93. The van der Waals surface area contributed by atoms with Crippen molar-refractivity contribution in [1.29, 1.82) is 0 Å². The van der Waals surface area contributed by atoms with Crippen LogP contribution in [0.5, 0.6) is 11.5 Å². The van der Waals surface area contributed by atoms with Crippen molar-refractivity contribution in [3.05, 3.63) is 56.5 Å². The van der Waals surface area contributed by atoms with E-state index in [0.717, 1.165) is 15.3 Å². The largest absolute Gasteiger partial charge is 0.493 e. The van der Waals surface area contributed by atoms with Crippen LogP contribution in [0.2, 0.25) is 0 Å². The van der Waals surface area contributed by atoms with Crippen LogP contribution in [-0.4, -0.2) is 25.4 Å². The third kappa shape index (κ3) is 3.52. The normalized spacial score (nSPS) is 15.8. The number of imide groups is 1. The Hall–Kier alpha value is -2.00. The van der Waals surface area contributed by atoms with Crippen LogP contribution in [0, 0.1) is 3.57 Å². The molecule has 1 aliphatic rings. The van der Waals surface area contributed by atoms with Gasteiger partial charge >= 0.3 is 0 Å². The van der Waals surface area contributed by atoms with E-state index in [1.54, 1.807) is 37.5 Å². The Kier molecular flexibility index (Phi) is 5.33. The maximum absolute atomic E-state index is 12.7. The molecule has 1 saturated heterocycles. The van der Waals surface area contributed by atoms with Gasteiger partial charge in [-0.2, -0.15) is 0 Å². The number of thioether (sulfide) groups is 1. The van der Waals surface area contributed by atoms with Gasteiger partial charge in [-0.05, 0) is 64.7 Å². The van der Waals surface area contributed by atoms with Crippen molar-refractivity contribution >= 4 is 57.3 Å². The van der Waals surface area contributed by atoms with Crippen molar-refractivity contribution in [3.8, 4) is 11.5 Å². The lowest BCUT2D eigenvalue weighted by molar-refractivity contribution is -0.113. The molecule has 1 aliphatic heterocycles. The number of ether oxygens (including phenoxy) is 2. The van der Waals surface area contributed by atoms with Gasteiger partial charge in [0.1, 0.15) is 0 Å². The highest BCUT2D eigenvalue weighted by Gasteiger charge is 2.36. The lowest BCUT2D eigenvalue weighted by Gasteiger charge is -2.12. The monoisotopic (exact) mass is 467 g/mol. The summed E-state index contributed by atoms with van der Waals surface area (Å²) in [6.07, 6.45) is 1.66. The second-order valence-corrected chi connectivity index (χ2v) is 7.32. The number of benzene rings is 2. The Morgan fingerprint density at radius 1 is 1.08 bits per heavy atom. The number of para-hydroxylation sites is 1. The highest BCUT2D eigenvalue weighted by Crippen LogP contribution is 2.39. The number of anilines is 1. The summed E-state index contributed by atoms with van der Waals surface area (Å²) in [5, 5.41) is -0.320. The third-order valence-electron chi connectivity index (χ3n) is 3.57. The predicted octanol–water partition coefficient (Wildman–Crippen LogP) is 4.55. The van der Waals surface area contributed by atoms with E-state index < -0.39 is 0 Å². The highest BCUT2D eigenvalue weighted by molar-refractivity contribution is 14.1. The van der Waals surface area contributed by atoms with Crippen LogP contribution in [-0.2, 0) is 4.79 Å². The topological polar surface area (TPSA) is 55.8 Å². The van der Waals surface area contributed by atoms with Crippen molar-refractivity contribution in [2.75, 3.05) is 19.1 Å². The van der Waals surface area contributed by atoms with E-state index in [9.17, 15) is 9.59 Å². The molecule has 0 bridgehead atoms. The molecule has 3 rings (SSSR count). The van der Waals surface area contributed by atoms with E-state index in [-0.39, 0.29) is 11.1 Å². The van der Waals surface area contributed by atoms with Gasteiger partial charge in [-0.25, -0.2) is 4.90 Å². The molecular formula is C18H14INO4S. The van der Waals surface area contributed by atoms with Gasteiger partial charge in [0.15, 0.2) is 11.5 Å². The minimum atomic E-state index is -0.346. The van der Waals surface area contributed by atoms with Crippen LogP contribution >= 0.6 is 34.4 Å². The van der Waals surface area contributed by atoms with E-state index in [0.29, 0.717) is 27.7 Å². The first-order valence-electron chi connectivity index (χ1n) is 7.29. The molecule has 25 heavy (non-hydrogen) atoms. The predicted molar refractivity (Wildman–Crippen MR) is 107 cm³/mol. The van der Waals surface area contributed by atoms with E-state index in [1.165, 1.54) is 12.0 Å². The summed E-state index contributed by atoms with van der Waals surface area (Å²) >= 11 is 3.07. The van der Waals surface area contributed by atoms with Crippen LogP contribution in [0.15, 0.2) is 47.4 Å². The molecule has 2 amide bonds. The number of rotatable bonds is 4. The van der Waals surface area contributed by atoms with E-state index in [4.69, 9.17) is 9.47 Å². The zero-order valence-corrected chi connectivity index (χ0v) is 16.5. The van der Waals surface area contributed by atoms with Gasteiger partial charge < -0.3 is 9.47 Å². The number of carbonyl (C=O) groups is 2. The summed E-state index contributed by atoms with van der Waals surface area (Å²) in [6.45, 7) is 0. The maximum atomic E-state index is 12.7. The van der Waals surface area contributed by atoms with E-state index in [1.807, 2.05) is 18.2 Å². The van der Waals surface area contributed by atoms with Crippen molar-refractivity contribution < 1.29 is 19.1 Å². The molecule has 2 aromatic carbocycles. The minimum absolute atomic E-state index is 0.320. The molecule has 0 spiro atoms. The average molecular weight is 467 g/mol. The zero-order chi connectivity index (χ0) is 18.0. The van der Waals surface area contributed by atoms with Gasteiger partial charge in [-0.3, -0.25) is 9.59 Å². The molecule has 5 nitrogen and oxygen atoms in total. The molecule has 0 radical (unpaired) electrons. The number of carbonyl (C=O) groups excluding carboxylic acids is 2. The van der Waals surface area contributed by atoms with Crippen LogP contribution in [0.25, 0.3) is 6.08 Å². The lowest BCUT2D eigenvalue weighted by Crippen LogP contribution is -2.27. The minimum Gasteiger partial charge on any atom is -0.493 e. The Bertz CT molecular complexity index is 867. The summed E-state index contributed by atoms with van der Waals surface area (Å²) < 4.78 is 11.7. The molecule has 0 aliphatic carbocycles. The van der Waals surface area contributed by atoms with E-state index >= 15 is 0 Å².